The third-order valence-corrected chi connectivity index (χ3v) is 4.70. The van der Waals surface area contributed by atoms with E-state index in [2.05, 4.69) is 48.1 Å². The lowest BCUT2D eigenvalue weighted by molar-refractivity contribution is -0.121. The first-order chi connectivity index (χ1) is 11.3. The maximum atomic E-state index is 12.5. The fourth-order valence-electron chi connectivity index (χ4n) is 3.18. The van der Waals surface area contributed by atoms with Crippen molar-refractivity contribution >= 4 is 21.8 Å². The molecular weight excluding hydrogens is 366 g/mol. The molecule has 3 rings (SSSR count). The van der Waals surface area contributed by atoms with E-state index in [-0.39, 0.29) is 17.6 Å². The molecule has 2 aromatic carbocycles. The second-order valence-corrected chi connectivity index (χ2v) is 7.95. The molecule has 0 saturated heterocycles. The average Bonchev–Trinajstić information content (AvgIpc) is 2.47. The van der Waals surface area contributed by atoms with Crippen LogP contribution in [0.15, 0.2) is 46.9 Å². The molecular formula is C20H22BrNO2. The minimum atomic E-state index is -0.296. The molecule has 24 heavy (non-hydrogen) atoms. The quantitative estimate of drug-likeness (QED) is 0.827. The van der Waals surface area contributed by atoms with Crippen molar-refractivity contribution in [1.82, 2.24) is 5.32 Å². The topological polar surface area (TPSA) is 38.3 Å². The smallest absolute Gasteiger partial charge is 0.224 e. The van der Waals surface area contributed by atoms with Crippen LogP contribution in [0.4, 0.5) is 0 Å². The number of amides is 1. The van der Waals surface area contributed by atoms with Gasteiger partial charge in [0, 0.05) is 16.5 Å². The molecule has 0 bridgehead atoms. The highest BCUT2D eigenvalue weighted by Gasteiger charge is 2.34. The van der Waals surface area contributed by atoms with Crippen LogP contribution in [0.5, 0.6) is 5.75 Å². The Labute approximate surface area is 151 Å². The number of ether oxygens (including phenoxy) is 1. The van der Waals surface area contributed by atoms with Crippen molar-refractivity contribution in [1.29, 1.82) is 0 Å². The van der Waals surface area contributed by atoms with Gasteiger partial charge in [0.15, 0.2) is 0 Å². The molecule has 0 saturated carbocycles. The summed E-state index contributed by atoms with van der Waals surface area (Å²) in [5.74, 6) is 0.896. The van der Waals surface area contributed by atoms with Crippen molar-refractivity contribution in [2.45, 2.75) is 45.3 Å². The lowest BCUT2D eigenvalue weighted by Crippen LogP contribution is -2.41. The van der Waals surface area contributed by atoms with Crippen LogP contribution in [0.3, 0.4) is 0 Å². The molecule has 1 atom stereocenters. The highest BCUT2D eigenvalue weighted by atomic mass is 79.9. The highest BCUT2D eigenvalue weighted by molar-refractivity contribution is 9.10. The van der Waals surface area contributed by atoms with Crippen LogP contribution in [0.1, 0.15) is 43.0 Å². The maximum Gasteiger partial charge on any atom is 0.224 e. The average molecular weight is 388 g/mol. The number of nitrogens with one attached hydrogen (secondary N) is 1. The number of carbonyl (C=O) groups excluding carboxylic acids is 1. The summed E-state index contributed by atoms with van der Waals surface area (Å²) in [4.78, 5) is 12.5. The second-order valence-electron chi connectivity index (χ2n) is 7.03. The van der Waals surface area contributed by atoms with Crippen molar-refractivity contribution in [2.24, 2.45) is 0 Å². The molecule has 3 nitrogen and oxygen atoms in total. The number of halogens is 1. The van der Waals surface area contributed by atoms with E-state index >= 15 is 0 Å². The zero-order chi connectivity index (χ0) is 17.3. The first-order valence-corrected chi connectivity index (χ1v) is 8.95. The summed E-state index contributed by atoms with van der Waals surface area (Å²) in [6, 6.07) is 14.0. The molecule has 1 amide bonds. The first kappa shape index (κ1) is 17.0. The van der Waals surface area contributed by atoms with Crippen LogP contribution in [0.25, 0.3) is 0 Å². The summed E-state index contributed by atoms with van der Waals surface area (Å²) in [6.07, 6.45) is 1.13. The second kappa shape index (κ2) is 6.60. The Hall–Kier alpha value is -1.81. The van der Waals surface area contributed by atoms with E-state index in [1.807, 2.05) is 36.4 Å². The largest absolute Gasteiger partial charge is 0.487 e. The zero-order valence-electron chi connectivity index (χ0n) is 14.2. The summed E-state index contributed by atoms with van der Waals surface area (Å²) >= 11 is 3.45. The molecule has 2 aromatic rings. The predicted octanol–water partition coefficient (Wildman–Crippen LogP) is 4.72. The van der Waals surface area contributed by atoms with Crippen LogP contribution in [0.2, 0.25) is 0 Å². The molecule has 1 aliphatic rings. The van der Waals surface area contributed by atoms with Gasteiger partial charge in [0.05, 0.1) is 12.5 Å². The Kier molecular flexibility index (Phi) is 4.68. The number of benzene rings is 2. The van der Waals surface area contributed by atoms with Crippen molar-refractivity contribution < 1.29 is 9.53 Å². The molecule has 1 N–H and O–H groups in total. The van der Waals surface area contributed by atoms with Crippen LogP contribution in [-0.4, -0.2) is 11.5 Å². The lowest BCUT2D eigenvalue weighted by Gasteiger charge is -2.38. The van der Waals surface area contributed by atoms with Gasteiger partial charge in [0.1, 0.15) is 11.4 Å². The van der Waals surface area contributed by atoms with Crippen LogP contribution in [0, 0.1) is 6.92 Å². The van der Waals surface area contributed by atoms with Gasteiger partial charge in [0.25, 0.3) is 0 Å². The molecule has 0 aliphatic carbocycles. The summed E-state index contributed by atoms with van der Waals surface area (Å²) in [5, 5.41) is 3.19. The maximum absolute atomic E-state index is 12.5. The SMILES string of the molecule is Cc1ccc2c(c1)[C@H](NC(=O)Cc1cccc(Br)c1)CC(C)(C)O2. The van der Waals surface area contributed by atoms with Crippen LogP contribution >= 0.6 is 15.9 Å². The number of carbonyl (C=O) groups is 1. The van der Waals surface area contributed by atoms with E-state index in [0.717, 1.165) is 27.8 Å². The van der Waals surface area contributed by atoms with Gasteiger partial charge in [-0.25, -0.2) is 0 Å². The Bertz CT molecular complexity index is 770. The summed E-state index contributed by atoms with van der Waals surface area (Å²) in [5.41, 5.74) is 2.94. The van der Waals surface area contributed by atoms with E-state index in [4.69, 9.17) is 4.74 Å². The number of hydrogen-bond donors (Lipinski definition) is 1. The van der Waals surface area contributed by atoms with Gasteiger partial charge in [-0.05, 0) is 44.5 Å². The fraction of sp³-hybridized carbons (Fsp3) is 0.350. The Morgan fingerprint density at radius 1 is 1.29 bits per heavy atom. The number of fused-ring (bicyclic) bond motifs is 1. The van der Waals surface area contributed by atoms with E-state index < -0.39 is 0 Å². The van der Waals surface area contributed by atoms with Crippen molar-refractivity contribution in [3.05, 3.63) is 63.6 Å². The monoisotopic (exact) mass is 387 g/mol. The minimum absolute atomic E-state index is 0.0247. The Morgan fingerprint density at radius 2 is 2.08 bits per heavy atom. The minimum Gasteiger partial charge on any atom is -0.487 e. The molecule has 4 heteroatoms. The van der Waals surface area contributed by atoms with Crippen LogP contribution < -0.4 is 10.1 Å². The number of hydrogen-bond acceptors (Lipinski definition) is 2. The van der Waals surface area contributed by atoms with Gasteiger partial charge in [0.2, 0.25) is 5.91 Å². The van der Waals surface area contributed by atoms with Gasteiger partial charge >= 0.3 is 0 Å². The number of rotatable bonds is 3. The first-order valence-electron chi connectivity index (χ1n) is 8.16. The third-order valence-electron chi connectivity index (χ3n) is 4.21. The predicted molar refractivity (Wildman–Crippen MR) is 99.2 cm³/mol. The van der Waals surface area contributed by atoms with Gasteiger partial charge < -0.3 is 10.1 Å². The molecule has 0 unspecified atom stereocenters. The molecule has 1 heterocycles. The molecule has 0 fully saturated rings. The van der Waals surface area contributed by atoms with E-state index in [9.17, 15) is 4.79 Å². The van der Waals surface area contributed by atoms with Gasteiger partial charge in [-0.3, -0.25) is 4.79 Å². The zero-order valence-corrected chi connectivity index (χ0v) is 15.8. The molecule has 0 radical (unpaired) electrons. The summed E-state index contributed by atoms with van der Waals surface area (Å²) in [6.45, 7) is 6.17. The lowest BCUT2D eigenvalue weighted by atomic mass is 9.89. The normalized spacial score (nSPS) is 18.4. The summed E-state index contributed by atoms with van der Waals surface area (Å²) < 4.78 is 7.05. The summed E-state index contributed by atoms with van der Waals surface area (Å²) in [7, 11) is 0. The van der Waals surface area contributed by atoms with E-state index in [0.29, 0.717) is 6.42 Å². The molecule has 0 aromatic heterocycles. The molecule has 1 aliphatic heterocycles. The van der Waals surface area contributed by atoms with Crippen molar-refractivity contribution in [3.8, 4) is 5.75 Å². The standard InChI is InChI=1S/C20H22BrNO2/c1-13-7-8-18-16(9-13)17(12-20(2,3)24-18)22-19(23)11-14-5-4-6-15(21)10-14/h4-10,17H,11-12H2,1-3H3,(H,22,23)/t17-/m1/s1. The van der Waals surface area contributed by atoms with Gasteiger partial charge in [-0.15, -0.1) is 0 Å². The number of aryl methyl sites for hydroxylation is 1. The Balaban J connectivity index is 1.79. The van der Waals surface area contributed by atoms with E-state index in [1.54, 1.807) is 0 Å². The van der Waals surface area contributed by atoms with E-state index in [1.165, 1.54) is 5.56 Å². The fourth-order valence-corrected chi connectivity index (χ4v) is 3.63. The van der Waals surface area contributed by atoms with Gasteiger partial charge in [-0.1, -0.05) is 45.8 Å². The van der Waals surface area contributed by atoms with Crippen LogP contribution in [-0.2, 0) is 11.2 Å². The van der Waals surface area contributed by atoms with Crippen molar-refractivity contribution in [2.75, 3.05) is 0 Å². The highest BCUT2D eigenvalue weighted by Crippen LogP contribution is 2.39. The molecule has 126 valence electrons. The Morgan fingerprint density at radius 3 is 2.83 bits per heavy atom. The van der Waals surface area contributed by atoms with Gasteiger partial charge in [-0.2, -0.15) is 0 Å². The third kappa shape index (κ3) is 3.99. The molecule has 0 spiro atoms. The van der Waals surface area contributed by atoms with Crippen molar-refractivity contribution in [3.63, 3.8) is 0 Å².